The van der Waals surface area contributed by atoms with Gasteiger partial charge in [-0.05, 0) is 25.0 Å². The third-order valence-electron chi connectivity index (χ3n) is 3.43. The van der Waals surface area contributed by atoms with Crippen LogP contribution in [0.3, 0.4) is 0 Å². The highest BCUT2D eigenvalue weighted by atomic mass is 16.5. The number of ether oxygens (including phenoxy) is 1. The maximum atomic E-state index is 11.2. The van der Waals surface area contributed by atoms with Crippen LogP contribution < -0.4 is 11.3 Å². The highest BCUT2D eigenvalue weighted by Crippen LogP contribution is 2.35. The normalized spacial score (nSPS) is 23.0. The van der Waals surface area contributed by atoms with Crippen LogP contribution in [-0.2, 0) is 4.74 Å². The molecule has 1 saturated heterocycles. The molecule has 0 aromatic carbocycles. The standard InChI is InChI=1S/C13H15N3O3/c14-12-9(10-3-2-8(6-17)19-10)5-7-1-4-11(18)15-13(7)16-12/h1,4-5,8,10,17H,2-3,6H2,(H3,14,15,16,18)/t8?,10-/m1/s1. The van der Waals surface area contributed by atoms with E-state index >= 15 is 0 Å². The minimum absolute atomic E-state index is 0.0186. The van der Waals surface area contributed by atoms with Crippen molar-refractivity contribution in [1.29, 1.82) is 0 Å². The molecule has 0 bridgehead atoms. The van der Waals surface area contributed by atoms with E-state index in [-0.39, 0.29) is 24.4 Å². The lowest BCUT2D eigenvalue weighted by Crippen LogP contribution is -2.12. The lowest BCUT2D eigenvalue weighted by molar-refractivity contribution is 0.0112. The van der Waals surface area contributed by atoms with Gasteiger partial charge in [0.1, 0.15) is 11.5 Å². The first-order valence-corrected chi connectivity index (χ1v) is 6.23. The van der Waals surface area contributed by atoms with Gasteiger partial charge in [-0.2, -0.15) is 0 Å². The Labute approximate surface area is 109 Å². The summed E-state index contributed by atoms with van der Waals surface area (Å²) in [7, 11) is 0. The summed E-state index contributed by atoms with van der Waals surface area (Å²) in [6, 6.07) is 5.05. The number of H-pyrrole nitrogens is 1. The molecule has 4 N–H and O–H groups in total. The van der Waals surface area contributed by atoms with E-state index in [1.807, 2.05) is 6.07 Å². The van der Waals surface area contributed by atoms with Crippen molar-refractivity contribution < 1.29 is 9.84 Å². The minimum atomic E-state index is -0.204. The molecular weight excluding hydrogens is 246 g/mol. The van der Waals surface area contributed by atoms with E-state index in [4.69, 9.17) is 15.6 Å². The van der Waals surface area contributed by atoms with Crippen LogP contribution >= 0.6 is 0 Å². The molecule has 0 amide bonds. The number of fused-ring (bicyclic) bond motifs is 1. The molecule has 0 aliphatic carbocycles. The van der Waals surface area contributed by atoms with Crippen LogP contribution in [0.1, 0.15) is 24.5 Å². The summed E-state index contributed by atoms with van der Waals surface area (Å²) in [6.45, 7) is 0.0186. The predicted molar refractivity (Wildman–Crippen MR) is 70.7 cm³/mol. The number of nitrogens with one attached hydrogen (secondary N) is 1. The zero-order valence-corrected chi connectivity index (χ0v) is 10.3. The number of hydrogen-bond acceptors (Lipinski definition) is 5. The van der Waals surface area contributed by atoms with Crippen molar-refractivity contribution in [3.8, 4) is 0 Å². The van der Waals surface area contributed by atoms with Crippen molar-refractivity contribution in [2.75, 3.05) is 12.3 Å². The number of aromatic amines is 1. The number of hydrogen-bond donors (Lipinski definition) is 3. The molecule has 1 aliphatic rings. The summed E-state index contributed by atoms with van der Waals surface area (Å²) >= 11 is 0. The number of aromatic nitrogens is 2. The second kappa shape index (κ2) is 4.64. The topological polar surface area (TPSA) is 101 Å². The summed E-state index contributed by atoms with van der Waals surface area (Å²) in [4.78, 5) is 18.1. The van der Waals surface area contributed by atoms with Gasteiger partial charge in [0.05, 0.1) is 18.8 Å². The summed E-state index contributed by atoms with van der Waals surface area (Å²) in [5, 5.41) is 9.91. The highest BCUT2D eigenvalue weighted by molar-refractivity contribution is 5.77. The van der Waals surface area contributed by atoms with Crippen molar-refractivity contribution >= 4 is 16.9 Å². The second-order valence-corrected chi connectivity index (χ2v) is 4.73. The van der Waals surface area contributed by atoms with E-state index in [1.54, 1.807) is 6.07 Å². The van der Waals surface area contributed by atoms with Crippen LogP contribution in [0, 0.1) is 0 Å². The molecule has 0 spiro atoms. The van der Waals surface area contributed by atoms with Gasteiger partial charge in [0.2, 0.25) is 5.56 Å². The highest BCUT2D eigenvalue weighted by Gasteiger charge is 2.28. The molecule has 3 heterocycles. The van der Waals surface area contributed by atoms with Gasteiger partial charge >= 0.3 is 0 Å². The molecule has 2 aromatic heterocycles. The lowest BCUT2D eigenvalue weighted by atomic mass is 10.1. The van der Waals surface area contributed by atoms with Gasteiger partial charge in [-0.25, -0.2) is 4.98 Å². The van der Waals surface area contributed by atoms with Crippen LogP contribution in [0.25, 0.3) is 11.0 Å². The van der Waals surface area contributed by atoms with Crippen LogP contribution in [0.5, 0.6) is 0 Å². The van der Waals surface area contributed by atoms with Crippen LogP contribution in [0.15, 0.2) is 23.0 Å². The molecule has 100 valence electrons. The van der Waals surface area contributed by atoms with E-state index in [0.717, 1.165) is 23.8 Å². The Kier molecular flexibility index (Phi) is 2.96. The molecule has 2 atom stereocenters. The maximum absolute atomic E-state index is 11.2. The van der Waals surface area contributed by atoms with Gasteiger partial charge in [0.25, 0.3) is 0 Å². The fourth-order valence-corrected chi connectivity index (χ4v) is 2.44. The Bertz CT molecular complexity index is 668. The largest absolute Gasteiger partial charge is 0.394 e. The zero-order valence-electron chi connectivity index (χ0n) is 10.3. The van der Waals surface area contributed by atoms with Crippen molar-refractivity contribution in [1.82, 2.24) is 9.97 Å². The van der Waals surface area contributed by atoms with E-state index in [9.17, 15) is 4.79 Å². The molecule has 3 rings (SSSR count). The van der Waals surface area contributed by atoms with Crippen molar-refractivity contribution in [2.45, 2.75) is 25.0 Å². The van der Waals surface area contributed by atoms with E-state index in [0.29, 0.717) is 11.5 Å². The van der Waals surface area contributed by atoms with Crippen LogP contribution in [0.4, 0.5) is 5.82 Å². The van der Waals surface area contributed by atoms with Gasteiger partial charge in [0.15, 0.2) is 0 Å². The van der Waals surface area contributed by atoms with Gasteiger partial charge < -0.3 is 20.6 Å². The third-order valence-corrected chi connectivity index (χ3v) is 3.43. The Hall–Kier alpha value is -1.92. The predicted octanol–water partition coefficient (Wildman–Crippen LogP) is 0.718. The smallest absolute Gasteiger partial charge is 0.249 e. The fourth-order valence-electron chi connectivity index (χ4n) is 2.44. The average Bonchev–Trinajstić information content (AvgIpc) is 2.86. The number of nitrogens with zero attached hydrogens (tertiary/aromatic N) is 1. The van der Waals surface area contributed by atoms with Crippen LogP contribution in [-0.4, -0.2) is 27.8 Å². The molecule has 0 saturated carbocycles. The SMILES string of the molecule is Nc1nc2[nH]c(=O)ccc2cc1[C@H]1CCC(CO)O1. The average molecular weight is 261 g/mol. The fraction of sp³-hybridized carbons (Fsp3) is 0.385. The van der Waals surface area contributed by atoms with Crippen molar-refractivity contribution in [3.05, 3.63) is 34.1 Å². The monoisotopic (exact) mass is 261 g/mol. The summed E-state index contributed by atoms with van der Waals surface area (Å²) < 4.78 is 5.71. The number of aliphatic hydroxyl groups excluding tert-OH is 1. The Balaban J connectivity index is 2.02. The summed E-state index contributed by atoms with van der Waals surface area (Å²) in [5.41, 5.74) is 7.02. The Morgan fingerprint density at radius 1 is 1.47 bits per heavy atom. The first-order valence-electron chi connectivity index (χ1n) is 6.23. The molecule has 0 radical (unpaired) electrons. The van der Waals surface area contributed by atoms with Gasteiger partial charge in [-0.1, -0.05) is 0 Å². The number of anilines is 1. The third kappa shape index (κ3) is 2.20. The first kappa shape index (κ1) is 12.1. The molecule has 2 aromatic rings. The maximum Gasteiger partial charge on any atom is 0.249 e. The van der Waals surface area contributed by atoms with Gasteiger partial charge in [-0.15, -0.1) is 0 Å². The van der Waals surface area contributed by atoms with E-state index in [1.165, 1.54) is 6.07 Å². The number of rotatable bonds is 2. The zero-order chi connectivity index (χ0) is 13.4. The van der Waals surface area contributed by atoms with Crippen molar-refractivity contribution in [3.63, 3.8) is 0 Å². The first-order chi connectivity index (χ1) is 9.17. The molecule has 1 fully saturated rings. The number of pyridine rings is 2. The molecule has 6 heteroatoms. The van der Waals surface area contributed by atoms with Crippen LogP contribution in [0.2, 0.25) is 0 Å². The van der Waals surface area contributed by atoms with E-state index in [2.05, 4.69) is 9.97 Å². The minimum Gasteiger partial charge on any atom is -0.394 e. The van der Waals surface area contributed by atoms with Gasteiger partial charge in [-0.3, -0.25) is 4.79 Å². The molecule has 6 nitrogen and oxygen atoms in total. The number of nitrogen functional groups attached to an aromatic ring is 1. The van der Waals surface area contributed by atoms with E-state index < -0.39 is 0 Å². The van der Waals surface area contributed by atoms with Crippen molar-refractivity contribution in [2.24, 2.45) is 0 Å². The number of aliphatic hydroxyl groups is 1. The molecule has 1 unspecified atom stereocenters. The molecular formula is C13H15N3O3. The lowest BCUT2D eigenvalue weighted by Gasteiger charge is -2.14. The van der Waals surface area contributed by atoms with Gasteiger partial charge in [0, 0.05) is 17.0 Å². The molecule has 1 aliphatic heterocycles. The summed E-state index contributed by atoms with van der Waals surface area (Å²) in [5.74, 6) is 0.359. The number of nitrogens with two attached hydrogens (primary N) is 1. The Morgan fingerprint density at radius 2 is 2.32 bits per heavy atom. The Morgan fingerprint density at radius 3 is 3.05 bits per heavy atom. The quantitative estimate of drug-likeness (QED) is 0.739. The summed E-state index contributed by atoms with van der Waals surface area (Å²) in [6.07, 6.45) is 1.35. The second-order valence-electron chi connectivity index (χ2n) is 4.73. The molecule has 19 heavy (non-hydrogen) atoms.